The summed E-state index contributed by atoms with van der Waals surface area (Å²) in [6.45, 7) is 2.25. The van der Waals surface area contributed by atoms with Crippen LogP contribution in [-0.4, -0.2) is 11.7 Å². The Balaban J connectivity index is -0.0000000450. The maximum Gasteiger partial charge on any atom is 0.0428 e. The van der Waals surface area contributed by atoms with Crippen LogP contribution in [0.5, 0.6) is 0 Å². The van der Waals surface area contributed by atoms with Gasteiger partial charge >= 0.3 is 0 Å². The second-order valence-corrected chi connectivity index (χ2v) is 0.724. The molecule has 0 aliphatic carbocycles. The second-order valence-electron chi connectivity index (χ2n) is 0.724. The summed E-state index contributed by atoms with van der Waals surface area (Å²) in [5, 5.41) is 7.88. The van der Waals surface area contributed by atoms with Gasteiger partial charge in [0.05, 0.1) is 0 Å². The first-order valence-electron chi connectivity index (χ1n) is 1.52. The van der Waals surface area contributed by atoms with Crippen LogP contribution in [0.2, 0.25) is 0 Å². The summed E-state index contributed by atoms with van der Waals surface area (Å²) >= 11 is 0. The van der Waals surface area contributed by atoms with Crippen molar-refractivity contribution in [1.29, 1.82) is 0 Å². The Morgan fingerprint density at radius 2 is 1.67 bits per heavy atom. The zero-order valence-electron chi connectivity index (χ0n) is 3.57. The van der Waals surface area contributed by atoms with Gasteiger partial charge in [-0.05, 0) is 6.42 Å². The van der Waals surface area contributed by atoms with Crippen LogP contribution >= 0.6 is 12.4 Å². The molecule has 1 nitrogen and oxygen atoms in total. The molecule has 0 atom stereocenters. The van der Waals surface area contributed by atoms with E-state index in [0.29, 0.717) is 6.61 Å². The predicted molar refractivity (Wildman–Crippen MR) is 24.6 cm³/mol. The number of rotatable bonds is 1. The number of aliphatic hydroxyl groups is 1. The van der Waals surface area contributed by atoms with Crippen molar-refractivity contribution in [2.75, 3.05) is 6.61 Å². The summed E-state index contributed by atoms with van der Waals surface area (Å²) in [5.41, 5.74) is 0. The van der Waals surface area contributed by atoms with Crippen molar-refractivity contribution in [3.8, 4) is 0 Å². The topological polar surface area (TPSA) is 20.2 Å². The van der Waals surface area contributed by atoms with Crippen molar-refractivity contribution in [2.24, 2.45) is 0 Å². The van der Waals surface area contributed by atoms with Crippen LogP contribution in [0.1, 0.15) is 13.3 Å². The number of hydrogen-bond donors (Lipinski definition) is 1. The molecule has 0 heterocycles. The minimum atomic E-state index is 0. The van der Waals surface area contributed by atoms with E-state index in [9.17, 15) is 0 Å². The predicted octanol–water partition coefficient (Wildman–Crippen LogP) is 0.808. The van der Waals surface area contributed by atoms with Crippen molar-refractivity contribution in [1.82, 2.24) is 0 Å². The van der Waals surface area contributed by atoms with E-state index < -0.39 is 0 Å². The van der Waals surface area contributed by atoms with Gasteiger partial charge in [0.25, 0.3) is 0 Å². The number of hydrogen-bond acceptors (Lipinski definition) is 1. The average molecular weight is 160 g/mol. The summed E-state index contributed by atoms with van der Waals surface area (Å²) in [4.78, 5) is 0. The molecule has 6 heavy (non-hydrogen) atoms. The third-order valence-electron chi connectivity index (χ3n) is 0.224. The van der Waals surface area contributed by atoms with E-state index in [1.807, 2.05) is 6.92 Å². The van der Waals surface area contributed by atoms with E-state index >= 15 is 0 Å². The number of aliphatic hydroxyl groups excluding tert-OH is 1. The minimum Gasteiger partial charge on any atom is -0.396 e. The Bertz CT molecular complexity index is 12.8. The SMILES string of the molecule is CCCO.Cl.[Cu]. The maximum atomic E-state index is 7.88. The van der Waals surface area contributed by atoms with E-state index in [1.54, 1.807) is 0 Å². The Morgan fingerprint density at radius 3 is 1.67 bits per heavy atom. The standard InChI is InChI=1S/C3H8O.ClH.Cu/c1-2-3-4;;/h4H,2-3H2,1H3;1H;. The molecule has 0 rings (SSSR count). The van der Waals surface area contributed by atoms with Crippen molar-refractivity contribution in [3.05, 3.63) is 0 Å². The molecule has 0 bridgehead atoms. The molecule has 0 amide bonds. The molecule has 0 aromatic heterocycles. The van der Waals surface area contributed by atoms with Crippen LogP contribution in [-0.2, 0) is 17.1 Å². The molecule has 0 saturated carbocycles. The van der Waals surface area contributed by atoms with Gasteiger partial charge in [-0.25, -0.2) is 0 Å². The van der Waals surface area contributed by atoms with Crippen LogP contribution in [0.25, 0.3) is 0 Å². The molecule has 0 unspecified atom stereocenters. The Morgan fingerprint density at radius 1 is 1.50 bits per heavy atom. The van der Waals surface area contributed by atoms with Gasteiger partial charge in [-0.1, -0.05) is 6.92 Å². The molecule has 0 fully saturated rings. The van der Waals surface area contributed by atoms with Crippen LogP contribution in [0.15, 0.2) is 0 Å². The zero-order valence-corrected chi connectivity index (χ0v) is 5.33. The van der Waals surface area contributed by atoms with Crippen molar-refractivity contribution >= 4 is 12.4 Å². The monoisotopic (exact) mass is 159 g/mol. The molecule has 0 saturated heterocycles. The van der Waals surface area contributed by atoms with Gasteiger partial charge in [-0.3, -0.25) is 0 Å². The summed E-state index contributed by atoms with van der Waals surface area (Å²) < 4.78 is 0. The summed E-state index contributed by atoms with van der Waals surface area (Å²) in [6.07, 6.45) is 0.875. The van der Waals surface area contributed by atoms with E-state index in [0.717, 1.165) is 6.42 Å². The van der Waals surface area contributed by atoms with Gasteiger partial charge < -0.3 is 5.11 Å². The normalized spacial score (nSPS) is 5.00. The zero-order chi connectivity index (χ0) is 3.41. The van der Waals surface area contributed by atoms with Crippen molar-refractivity contribution < 1.29 is 22.2 Å². The van der Waals surface area contributed by atoms with Crippen LogP contribution in [0, 0.1) is 0 Å². The Kier molecular flexibility index (Phi) is 45.2. The quantitative estimate of drug-likeness (QED) is 0.563. The fourth-order valence-electron chi connectivity index (χ4n) is 0. The Hall–Kier alpha value is 0.769. The molecule has 45 valence electrons. The largest absolute Gasteiger partial charge is 0.396 e. The maximum absolute atomic E-state index is 7.88. The summed E-state index contributed by atoms with van der Waals surface area (Å²) in [5.74, 6) is 0. The molecule has 1 N–H and O–H groups in total. The van der Waals surface area contributed by atoms with Gasteiger partial charge in [0, 0.05) is 23.7 Å². The molecule has 0 aliphatic rings. The van der Waals surface area contributed by atoms with Gasteiger partial charge in [0.2, 0.25) is 0 Å². The molecular formula is C3H9ClCuO. The molecule has 0 aliphatic heterocycles. The molecule has 0 aromatic carbocycles. The second kappa shape index (κ2) is 17.1. The van der Waals surface area contributed by atoms with E-state index in [1.165, 1.54) is 0 Å². The van der Waals surface area contributed by atoms with Gasteiger partial charge in [0.1, 0.15) is 0 Å². The van der Waals surface area contributed by atoms with E-state index in [4.69, 9.17) is 5.11 Å². The first-order valence-corrected chi connectivity index (χ1v) is 1.52. The smallest absolute Gasteiger partial charge is 0.0428 e. The van der Waals surface area contributed by atoms with E-state index in [-0.39, 0.29) is 29.5 Å². The van der Waals surface area contributed by atoms with Gasteiger partial charge in [-0.15, -0.1) is 12.4 Å². The third-order valence-corrected chi connectivity index (χ3v) is 0.224. The minimum absolute atomic E-state index is 0. The number of halogens is 1. The summed E-state index contributed by atoms with van der Waals surface area (Å²) in [7, 11) is 0. The molecule has 1 radical (unpaired) electrons. The summed E-state index contributed by atoms with van der Waals surface area (Å²) in [6, 6.07) is 0. The molecule has 3 heteroatoms. The third kappa shape index (κ3) is 21.6. The van der Waals surface area contributed by atoms with Gasteiger partial charge in [-0.2, -0.15) is 0 Å². The first-order chi connectivity index (χ1) is 1.91. The van der Waals surface area contributed by atoms with Crippen molar-refractivity contribution in [2.45, 2.75) is 13.3 Å². The average Bonchev–Trinajstić information content (AvgIpc) is 1.37. The fourth-order valence-corrected chi connectivity index (χ4v) is 0. The van der Waals surface area contributed by atoms with E-state index in [2.05, 4.69) is 0 Å². The van der Waals surface area contributed by atoms with Crippen LogP contribution < -0.4 is 0 Å². The van der Waals surface area contributed by atoms with Gasteiger partial charge in [0.15, 0.2) is 0 Å². The molecular weight excluding hydrogens is 151 g/mol. The Labute approximate surface area is 55.0 Å². The van der Waals surface area contributed by atoms with Crippen LogP contribution in [0.3, 0.4) is 0 Å². The first kappa shape index (κ1) is 15.9. The fraction of sp³-hybridized carbons (Fsp3) is 1.00. The molecule has 0 spiro atoms. The molecule has 0 aromatic rings. The van der Waals surface area contributed by atoms with Crippen molar-refractivity contribution in [3.63, 3.8) is 0 Å². The van der Waals surface area contributed by atoms with Crippen LogP contribution in [0.4, 0.5) is 0 Å².